The average molecular weight is 283 g/mol. The first-order chi connectivity index (χ1) is 9.86. The Morgan fingerprint density at radius 2 is 2.05 bits per heavy atom. The number of ether oxygens (including phenoxy) is 1. The minimum atomic E-state index is 0.560. The minimum Gasteiger partial charge on any atom is -0.375 e. The van der Waals surface area contributed by atoms with Crippen LogP contribution in [0, 0.1) is 0 Å². The van der Waals surface area contributed by atoms with E-state index in [1.54, 1.807) is 6.26 Å². The molecular weight excluding hydrogens is 254 g/mol. The molecule has 1 aromatic heterocycles. The number of aromatic nitrogens is 1. The smallest absolute Gasteiger partial charge is 0.124 e. The fraction of sp³-hybridized carbons (Fsp3) is 0.800. The summed E-state index contributed by atoms with van der Waals surface area (Å²) in [4.78, 5) is 2.51. The summed E-state index contributed by atoms with van der Waals surface area (Å²) in [7, 11) is 0. The SMILES string of the molecule is CCC.c1cc(COCCCCN2CCNCC2)no1. The molecule has 0 bridgehead atoms. The van der Waals surface area contributed by atoms with Gasteiger partial charge in [0.05, 0.1) is 6.61 Å². The van der Waals surface area contributed by atoms with Crippen LogP contribution in [0.25, 0.3) is 0 Å². The van der Waals surface area contributed by atoms with E-state index in [9.17, 15) is 0 Å². The Labute approximate surface area is 122 Å². The Balaban J connectivity index is 0.000000612. The van der Waals surface area contributed by atoms with Crippen molar-refractivity contribution in [2.75, 3.05) is 39.3 Å². The number of hydrogen-bond donors (Lipinski definition) is 1. The van der Waals surface area contributed by atoms with Gasteiger partial charge in [-0.2, -0.15) is 0 Å². The van der Waals surface area contributed by atoms with Gasteiger partial charge in [-0.15, -0.1) is 0 Å². The van der Waals surface area contributed by atoms with Gasteiger partial charge in [0.15, 0.2) is 0 Å². The van der Waals surface area contributed by atoms with Gasteiger partial charge in [0.2, 0.25) is 0 Å². The maximum atomic E-state index is 5.51. The summed E-state index contributed by atoms with van der Waals surface area (Å²) in [5.74, 6) is 0. The monoisotopic (exact) mass is 283 g/mol. The van der Waals surface area contributed by atoms with Crippen LogP contribution in [-0.2, 0) is 11.3 Å². The van der Waals surface area contributed by atoms with Gasteiger partial charge in [-0.3, -0.25) is 0 Å². The maximum Gasteiger partial charge on any atom is 0.124 e. The van der Waals surface area contributed by atoms with Gasteiger partial charge in [-0.05, 0) is 19.4 Å². The Kier molecular flexibility index (Phi) is 10.2. The third kappa shape index (κ3) is 8.30. The first-order valence-corrected chi connectivity index (χ1v) is 7.76. The standard InChI is InChI=1S/C12H21N3O2.C3H8/c1(6-15-7-4-13-5-8-15)2-9-16-11-12-3-10-17-14-12;1-3-2/h3,10,13H,1-2,4-9,11H2;3H2,1-2H3. The topological polar surface area (TPSA) is 50.5 Å². The molecule has 20 heavy (non-hydrogen) atoms. The second-order valence-electron chi connectivity index (χ2n) is 5.05. The number of rotatable bonds is 7. The van der Waals surface area contributed by atoms with Gasteiger partial charge in [-0.1, -0.05) is 25.4 Å². The summed E-state index contributed by atoms with van der Waals surface area (Å²) in [6, 6.07) is 1.83. The fourth-order valence-electron chi connectivity index (χ4n) is 1.96. The second-order valence-corrected chi connectivity index (χ2v) is 5.05. The van der Waals surface area contributed by atoms with E-state index in [4.69, 9.17) is 9.26 Å². The molecule has 0 saturated carbocycles. The number of nitrogens with one attached hydrogen (secondary N) is 1. The van der Waals surface area contributed by atoms with Gasteiger partial charge in [0.1, 0.15) is 12.0 Å². The maximum absolute atomic E-state index is 5.51. The van der Waals surface area contributed by atoms with Crippen molar-refractivity contribution >= 4 is 0 Å². The van der Waals surface area contributed by atoms with Crippen molar-refractivity contribution in [3.8, 4) is 0 Å². The van der Waals surface area contributed by atoms with Crippen LogP contribution in [-0.4, -0.2) is 49.4 Å². The van der Waals surface area contributed by atoms with Crippen LogP contribution < -0.4 is 5.32 Å². The lowest BCUT2D eigenvalue weighted by molar-refractivity contribution is 0.109. The van der Waals surface area contributed by atoms with E-state index in [1.807, 2.05) is 6.07 Å². The molecule has 1 saturated heterocycles. The van der Waals surface area contributed by atoms with Crippen molar-refractivity contribution in [3.05, 3.63) is 18.0 Å². The zero-order chi connectivity index (χ0) is 14.5. The largest absolute Gasteiger partial charge is 0.375 e. The number of unbranched alkanes of at least 4 members (excludes halogenated alkanes) is 1. The predicted octanol–water partition coefficient (Wildman–Crippen LogP) is 2.29. The fourth-order valence-corrected chi connectivity index (χ4v) is 1.96. The predicted molar refractivity (Wildman–Crippen MR) is 80.7 cm³/mol. The number of nitrogens with zero attached hydrogens (tertiary/aromatic N) is 2. The highest BCUT2D eigenvalue weighted by molar-refractivity contribution is 4.92. The molecule has 1 aliphatic rings. The molecule has 116 valence electrons. The summed E-state index contributed by atoms with van der Waals surface area (Å²) in [6.45, 7) is 11.4. The van der Waals surface area contributed by atoms with Crippen LogP contribution in [0.3, 0.4) is 0 Å². The van der Waals surface area contributed by atoms with Gasteiger partial charge in [0, 0.05) is 38.9 Å². The van der Waals surface area contributed by atoms with E-state index < -0.39 is 0 Å². The van der Waals surface area contributed by atoms with E-state index >= 15 is 0 Å². The normalized spacial score (nSPS) is 15.7. The van der Waals surface area contributed by atoms with Crippen molar-refractivity contribution in [2.24, 2.45) is 0 Å². The van der Waals surface area contributed by atoms with E-state index in [1.165, 1.54) is 32.5 Å². The number of hydrogen-bond acceptors (Lipinski definition) is 5. The first-order valence-electron chi connectivity index (χ1n) is 7.76. The van der Waals surface area contributed by atoms with Crippen molar-refractivity contribution in [1.82, 2.24) is 15.4 Å². The molecule has 1 fully saturated rings. The van der Waals surface area contributed by atoms with E-state index in [2.05, 4.69) is 29.2 Å². The Bertz CT molecular complexity index is 298. The van der Waals surface area contributed by atoms with Crippen molar-refractivity contribution in [1.29, 1.82) is 0 Å². The molecule has 0 radical (unpaired) electrons. The summed E-state index contributed by atoms with van der Waals surface area (Å²) in [5.41, 5.74) is 0.868. The highest BCUT2D eigenvalue weighted by Crippen LogP contribution is 2.00. The lowest BCUT2D eigenvalue weighted by Gasteiger charge is -2.26. The molecule has 1 aromatic rings. The Hall–Kier alpha value is -0.910. The number of piperazine rings is 1. The van der Waals surface area contributed by atoms with Crippen molar-refractivity contribution < 1.29 is 9.26 Å². The molecule has 0 amide bonds. The van der Waals surface area contributed by atoms with Crippen LogP contribution in [0.2, 0.25) is 0 Å². The molecule has 1 N–H and O–H groups in total. The van der Waals surface area contributed by atoms with Gasteiger partial charge >= 0.3 is 0 Å². The van der Waals surface area contributed by atoms with E-state index in [0.717, 1.165) is 31.8 Å². The van der Waals surface area contributed by atoms with Crippen LogP contribution >= 0.6 is 0 Å². The molecule has 0 aliphatic carbocycles. The van der Waals surface area contributed by atoms with Crippen molar-refractivity contribution in [3.63, 3.8) is 0 Å². The van der Waals surface area contributed by atoms with E-state index in [-0.39, 0.29) is 0 Å². The molecular formula is C15H29N3O2. The molecule has 0 atom stereocenters. The second kappa shape index (κ2) is 11.9. The van der Waals surface area contributed by atoms with Crippen LogP contribution in [0.15, 0.2) is 16.9 Å². The average Bonchev–Trinajstić information content (AvgIpc) is 2.98. The zero-order valence-corrected chi connectivity index (χ0v) is 12.9. The summed E-state index contributed by atoms with van der Waals surface area (Å²) < 4.78 is 10.2. The Morgan fingerprint density at radius 3 is 2.70 bits per heavy atom. The first kappa shape index (κ1) is 17.1. The molecule has 5 nitrogen and oxygen atoms in total. The lowest BCUT2D eigenvalue weighted by atomic mass is 10.2. The molecule has 2 heterocycles. The molecule has 1 aliphatic heterocycles. The van der Waals surface area contributed by atoms with E-state index in [0.29, 0.717) is 6.61 Å². The molecule has 0 spiro atoms. The third-order valence-corrected chi connectivity index (χ3v) is 2.96. The summed E-state index contributed by atoms with van der Waals surface area (Å²) >= 11 is 0. The highest BCUT2D eigenvalue weighted by atomic mass is 16.5. The summed E-state index contributed by atoms with van der Waals surface area (Å²) in [6.07, 6.45) is 5.14. The van der Waals surface area contributed by atoms with Crippen LogP contribution in [0.5, 0.6) is 0 Å². The molecule has 0 aromatic carbocycles. The van der Waals surface area contributed by atoms with Gasteiger partial charge in [0.25, 0.3) is 0 Å². The molecule has 5 heteroatoms. The third-order valence-electron chi connectivity index (χ3n) is 2.96. The van der Waals surface area contributed by atoms with Crippen LogP contribution in [0.4, 0.5) is 0 Å². The lowest BCUT2D eigenvalue weighted by Crippen LogP contribution is -2.43. The molecule has 2 rings (SSSR count). The highest BCUT2D eigenvalue weighted by Gasteiger charge is 2.07. The van der Waals surface area contributed by atoms with Gasteiger partial charge in [-0.25, -0.2) is 0 Å². The Morgan fingerprint density at radius 1 is 1.30 bits per heavy atom. The quantitative estimate of drug-likeness (QED) is 0.778. The summed E-state index contributed by atoms with van der Waals surface area (Å²) in [5, 5.41) is 7.15. The molecule has 0 unspecified atom stereocenters. The van der Waals surface area contributed by atoms with Gasteiger partial charge < -0.3 is 19.5 Å². The minimum absolute atomic E-state index is 0.560. The van der Waals surface area contributed by atoms with Crippen LogP contribution in [0.1, 0.15) is 38.8 Å². The zero-order valence-electron chi connectivity index (χ0n) is 12.9. The van der Waals surface area contributed by atoms with Crippen molar-refractivity contribution in [2.45, 2.75) is 39.7 Å².